The maximum absolute atomic E-state index is 12.6. The van der Waals surface area contributed by atoms with E-state index in [9.17, 15) is 4.79 Å². The van der Waals surface area contributed by atoms with Crippen molar-refractivity contribution >= 4 is 23.1 Å². The number of nitrogens with one attached hydrogen (secondary N) is 1. The van der Waals surface area contributed by atoms with Crippen molar-refractivity contribution in [2.45, 2.75) is 26.2 Å². The molecule has 0 saturated carbocycles. The Morgan fingerprint density at radius 3 is 3.00 bits per heavy atom. The van der Waals surface area contributed by atoms with E-state index in [1.165, 1.54) is 22.5 Å². The SMILES string of the molecule is CC(C)Cc1cnc2c(c1)C(c1csc(C(=O)N3CCOCC3)n1)CN2. The number of fused-ring (bicyclic) bond motifs is 1. The number of hydrogen-bond donors (Lipinski definition) is 1. The summed E-state index contributed by atoms with van der Waals surface area (Å²) in [6.07, 6.45) is 2.98. The summed E-state index contributed by atoms with van der Waals surface area (Å²) < 4.78 is 5.32. The van der Waals surface area contributed by atoms with E-state index in [0.29, 0.717) is 37.2 Å². The number of ether oxygens (including phenoxy) is 1. The number of nitrogens with zero attached hydrogens (tertiary/aromatic N) is 3. The lowest BCUT2D eigenvalue weighted by Crippen LogP contribution is -2.40. The van der Waals surface area contributed by atoms with Crippen LogP contribution in [0.5, 0.6) is 0 Å². The van der Waals surface area contributed by atoms with Gasteiger partial charge in [0, 0.05) is 42.7 Å². The summed E-state index contributed by atoms with van der Waals surface area (Å²) in [4.78, 5) is 23.7. The molecule has 0 bridgehead atoms. The molecule has 1 saturated heterocycles. The average Bonchev–Trinajstić information content (AvgIpc) is 3.27. The third-order valence-electron chi connectivity index (χ3n) is 4.83. The zero-order chi connectivity index (χ0) is 18.1. The third kappa shape index (κ3) is 3.46. The maximum atomic E-state index is 12.6. The van der Waals surface area contributed by atoms with Crippen molar-refractivity contribution in [1.82, 2.24) is 14.9 Å². The van der Waals surface area contributed by atoms with Crippen LogP contribution >= 0.6 is 11.3 Å². The standard InChI is InChI=1S/C19H24N4O2S/c1-12(2)7-13-8-14-15(10-21-17(14)20-9-13)16-11-26-18(22-16)19(24)23-3-5-25-6-4-23/h8-9,11-12,15H,3-7,10H2,1-2H3,(H,20,21). The molecule has 2 aromatic heterocycles. The molecule has 0 radical (unpaired) electrons. The minimum absolute atomic E-state index is 0.0161. The van der Waals surface area contributed by atoms with Crippen molar-refractivity contribution in [3.8, 4) is 0 Å². The van der Waals surface area contributed by atoms with Gasteiger partial charge in [-0.1, -0.05) is 13.8 Å². The van der Waals surface area contributed by atoms with Gasteiger partial charge in [0.25, 0.3) is 5.91 Å². The maximum Gasteiger partial charge on any atom is 0.282 e. The molecular formula is C19H24N4O2S. The number of carbonyl (C=O) groups excluding carboxylic acids is 1. The monoisotopic (exact) mass is 372 g/mol. The van der Waals surface area contributed by atoms with Crippen LogP contribution in [0.3, 0.4) is 0 Å². The van der Waals surface area contributed by atoms with E-state index < -0.39 is 0 Å². The first kappa shape index (κ1) is 17.4. The largest absolute Gasteiger partial charge is 0.378 e. The van der Waals surface area contributed by atoms with Gasteiger partial charge in [-0.15, -0.1) is 11.3 Å². The highest BCUT2D eigenvalue weighted by Gasteiger charge is 2.29. The molecule has 2 aliphatic heterocycles. The summed E-state index contributed by atoms with van der Waals surface area (Å²) in [5.74, 6) is 1.71. The Morgan fingerprint density at radius 2 is 2.23 bits per heavy atom. The number of pyridine rings is 1. The fourth-order valence-corrected chi connectivity index (χ4v) is 4.38. The van der Waals surface area contributed by atoms with Crippen molar-refractivity contribution in [3.05, 3.63) is 39.5 Å². The molecule has 0 aliphatic carbocycles. The van der Waals surface area contributed by atoms with Gasteiger partial charge < -0.3 is 15.0 Å². The molecule has 2 aliphatic rings. The van der Waals surface area contributed by atoms with Crippen molar-refractivity contribution in [1.29, 1.82) is 0 Å². The smallest absolute Gasteiger partial charge is 0.282 e. The number of anilines is 1. The summed E-state index contributed by atoms with van der Waals surface area (Å²) in [6, 6.07) is 2.25. The van der Waals surface area contributed by atoms with Crippen LogP contribution in [0.25, 0.3) is 0 Å². The van der Waals surface area contributed by atoms with Gasteiger partial charge in [-0.2, -0.15) is 0 Å². The fourth-order valence-electron chi connectivity index (χ4n) is 3.54. The molecule has 6 nitrogen and oxygen atoms in total. The minimum atomic E-state index is 0.0161. The lowest BCUT2D eigenvalue weighted by molar-refractivity contribution is 0.0302. The van der Waals surface area contributed by atoms with Gasteiger partial charge in [0.2, 0.25) is 0 Å². The van der Waals surface area contributed by atoms with E-state index in [2.05, 4.69) is 35.2 Å². The predicted octanol–water partition coefficient (Wildman–Crippen LogP) is 2.77. The molecular weight excluding hydrogens is 348 g/mol. The van der Waals surface area contributed by atoms with Crippen LogP contribution in [0.4, 0.5) is 5.82 Å². The normalized spacial score (nSPS) is 19.5. The van der Waals surface area contributed by atoms with Crippen LogP contribution in [0.15, 0.2) is 17.6 Å². The number of carbonyl (C=O) groups is 1. The molecule has 4 rings (SSSR count). The predicted molar refractivity (Wildman–Crippen MR) is 102 cm³/mol. The first-order chi connectivity index (χ1) is 12.6. The van der Waals surface area contributed by atoms with Crippen LogP contribution in [0, 0.1) is 5.92 Å². The Morgan fingerprint density at radius 1 is 1.42 bits per heavy atom. The molecule has 138 valence electrons. The molecule has 1 N–H and O–H groups in total. The number of hydrogen-bond acceptors (Lipinski definition) is 6. The fraction of sp³-hybridized carbons (Fsp3) is 0.526. The van der Waals surface area contributed by atoms with Crippen molar-refractivity contribution in [3.63, 3.8) is 0 Å². The van der Waals surface area contributed by atoms with E-state index in [1.807, 2.05) is 16.5 Å². The van der Waals surface area contributed by atoms with Gasteiger partial charge in [0.1, 0.15) is 5.82 Å². The Balaban J connectivity index is 1.55. The van der Waals surface area contributed by atoms with Gasteiger partial charge >= 0.3 is 0 Å². The third-order valence-corrected chi connectivity index (χ3v) is 5.68. The molecule has 4 heterocycles. The average molecular weight is 372 g/mol. The lowest BCUT2D eigenvalue weighted by Gasteiger charge is -2.25. The molecule has 26 heavy (non-hydrogen) atoms. The second kappa shape index (κ2) is 7.32. The Kier molecular flexibility index (Phi) is 4.91. The first-order valence-corrected chi connectivity index (χ1v) is 10.0. The second-order valence-electron chi connectivity index (χ2n) is 7.29. The van der Waals surface area contributed by atoms with Gasteiger partial charge in [0.05, 0.1) is 18.9 Å². The van der Waals surface area contributed by atoms with Gasteiger partial charge in [-0.05, 0) is 24.0 Å². The van der Waals surface area contributed by atoms with Gasteiger partial charge in [0.15, 0.2) is 5.01 Å². The van der Waals surface area contributed by atoms with Crippen LogP contribution < -0.4 is 5.32 Å². The van der Waals surface area contributed by atoms with E-state index in [0.717, 1.165) is 24.5 Å². The highest BCUT2D eigenvalue weighted by molar-refractivity contribution is 7.11. The zero-order valence-corrected chi connectivity index (χ0v) is 16.0. The van der Waals surface area contributed by atoms with E-state index in [4.69, 9.17) is 4.74 Å². The summed E-state index contributed by atoms with van der Waals surface area (Å²) in [7, 11) is 0. The molecule has 7 heteroatoms. The number of morpholine rings is 1. The molecule has 1 amide bonds. The van der Waals surface area contributed by atoms with Gasteiger partial charge in [-0.3, -0.25) is 4.79 Å². The van der Waals surface area contributed by atoms with E-state index >= 15 is 0 Å². The Hall–Kier alpha value is -1.99. The molecule has 1 unspecified atom stereocenters. The van der Waals surface area contributed by atoms with Gasteiger partial charge in [-0.25, -0.2) is 9.97 Å². The highest BCUT2D eigenvalue weighted by atomic mass is 32.1. The molecule has 0 aromatic carbocycles. The second-order valence-corrected chi connectivity index (χ2v) is 8.15. The number of amides is 1. The number of thiazole rings is 1. The van der Waals surface area contributed by atoms with Crippen LogP contribution in [0.2, 0.25) is 0 Å². The molecule has 1 fully saturated rings. The molecule has 2 aromatic rings. The zero-order valence-electron chi connectivity index (χ0n) is 15.2. The summed E-state index contributed by atoms with van der Waals surface area (Å²) in [5.41, 5.74) is 3.41. The molecule has 1 atom stereocenters. The quantitative estimate of drug-likeness (QED) is 0.894. The topological polar surface area (TPSA) is 67.4 Å². The number of rotatable bonds is 4. The highest BCUT2D eigenvalue weighted by Crippen LogP contribution is 2.36. The van der Waals surface area contributed by atoms with E-state index in [1.54, 1.807) is 0 Å². The Labute approximate surface area is 157 Å². The van der Waals surface area contributed by atoms with Crippen LogP contribution in [-0.4, -0.2) is 53.6 Å². The van der Waals surface area contributed by atoms with Crippen molar-refractivity contribution in [2.24, 2.45) is 5.92 Å². The molecule has 0 spiro atoms. The van der Waals surface area contributed by atoms with Crippen molar-refractivity contribution in [2.75, 3.05) is 38.2 Å². The summed E-state index contributed by atoms with van der Waals surface area (Å²) in [5, 5.41) is 5.96. The first-order valence-electron chi connectivity index (χ1n) is 9.17. The van der Waals surface area contributed by atoms with Crippen molar-refractivity contribution < 1.29 is 9.53 Å². The Bertz CT molecular complexity index is 799. The van der Waals surface area contributed by atoms with E-state index in [-0.39, 0.29) is 11.8 Å². The van der Waals surface area contributed by atoms with Crippen LogP contribution in [0.1, 0.15) is 46.4 Å². The minimum Gasteiger partial charge on any atom is -0.378 e. The summed E-state index contributed by atoms with van der Waals surface area (Å²) >= 11 is 1.44. The number of aromatic nitrogens is 2. The lowest BCUT2D eigenvalue weighted by atomic mass is 9.96. The van der Waals surface area contributed by atoms with Crippen LogP contribution in [-0.2, 0) is 11.2 Å². The summed E-state index contributed by atoms with van der Waals surface area (Å²) in [6.45, 7) is 7.71.